The SMILES string of the molecule is CC(C)c1cc(Oc2c(Br)cc(CC(=O)NS(=O)(=O)c3ccc(CNC(=O)c4ccccc4)s3)cc2Br)ccc1O. The van der Waals surface area contributed by atoms with Crippen LogP contribution in [0.3, 0.4) is 0 Å². The number of ether oxygens (including phenoxy) is 1. The number of halogens is 2. The number of phenolic OH excluding ortho intramolecular Hbond substituents is 1. The molecule has 0 aliphatic rings. The van der Waals surface area contributed by atoms with E-state index in [1.165, 1.54) is 6.07 Å². The summed E-state index contributed by atoms with van der Waals surface area (Å²) in [5.41, 5.74) is 1.80. The van der Waals surface area contributed by atoms with Gasteiger partial charge in [-0.2, -0.15) is 0 Å². The van der Waals surface area contributed by atoms with Crippen LogP contribution in [0.2, 0.25) is 0 Å². The minimum Gasteiger partial charge on any atom is -0.508 e. The highest BCUT2D eigenvalue weighted by molar-refractivity contribution is 9.11. The molecule has 12 heteroatoms. The molecule has 3 N–H and O–H groups in total. The summed E-state index contributed by atoms with van der Waals surface area (Å²) < 4.78 is 34.9. The Labute approximate surface area is 259 Å². The van der Waals surface area contributed by atoms with Gasteiger partial charge in [-0.05, 0) is 97.9 Å². The highest BCUT2D eigenvalue weighted by Crippen LogP contribution is 2.39. The Morgan fingerprint density at radius 2 is 1.66 bits per heavy atom. The number of aromatic hydroxyl groups is 1. The van der Waals surface area contributed by atoms with Gasteiger partial charge in [-0.1, -0.05) is 32.0 Å². The predicted octanol–water partition coefficient (Wildman–Crippen LogP) is 6.87. The second-order valence-electron chi connectivity index (χ2n) is 9.34. The lowest BCUT2D eigenvalue weighted by atomic mass is 10.0. The summed E-state index contributed by atoms with van der Waals surface area (Å²) >= 11 is 7.90. The molecule has 0 bridgehead atoms. The third-order valence-electron chi connectivity index (χ3n) is 5.87. The molecule has 3 aromatic carbocycles. The maximum atomic E-state index is 12.8. The van der Waals surface area contributed by atoms with Crippen molar-refractivity contribution in [2.24, 2.45) is 0 Å². The molecule has 214 valence electrons. The Hall–Kier alpha value is -3.19. The van der Waals surface area contributed by atoms with Crippen molar-refractivity contribution in [1.82, 2.24) is 10.0 Å². The molecule has 0 saturated heterocycles. The lowest BCUT2D eigenvalue weighted by Crippen LogP contribution is -2.31. The quantitative estimate of drug-likeness (QED) is 0.164. The molecule has 0 fully saturated rings. The highest BCUT2D eigenvalue weighted by atomic mass is 79.9. The topological polar surface area (TPSA) is 122 Å². The van der Waals surface area contributed by atoms with Gasteiger partial charge in [-0.25, -0.2) is 13.1 Å². The van der Waals surface area contributed by atoms with E-state index in [0.717, 1.165) is 16.9 Å². The van der Waals surface area contributed by atoms with Gasteiger partial charge in [0, 0.05) is 16.0 Å². The van der Waals surface area contributed by atoms with Crippen LogP contribution in [0.15, 0.2) is 86.0 Å². The Balaban J connectivity index is 1.38. The lowest BCUT2D eigenvalue weighted by molar-refractivity contribution is -0.118. The summed E-state index contributed by atoms with van der Waals surface area (Å²) in [5, 5.41) is 12.8. The van der Waals surface area contributed by atoms with Crippen molar-refractivity contribution < 1.29 is 27.9 Å². The first kappa shape index (κ1) is 30.8. The summed E-state index contributed by atoms with van der Waals surface area (Å²) in [7, 11) is -4.10. The average molecular weight is 722 g/mol. The van der Waals surface area contributed by atoms with E-state index in [9.17, 15) is 23.1 Å². The first-order valence-corrected chi connectivity index (χ1v) is 16.3. The van der Waals surface area contributed by atoms with Crippen molar-refractivity contribution in [1.29, 1.82) is 0 Å². The van der Waals surface area contributed by atoms with Gasteiger partial charge in [-0.15, -0.1) is 11.3 Å². The number of phenols is 1. The first-order chi connectivity index (χ1) is 19.4. The molecule has 0 radical (unpaired) electrons. The third kappa shape index (κ3) is 7.97. The lowest BCUT2D eigenvalue weighted by Gasteiger charge is -2.14. The van der Waals surface area contributed by atoms with Crippen molar-refractivity contribution in [2.45, 2.75) is 36.9 Å². The number of rotatable bonds is 10. The van der Waals surface area contributed by atoms with Crippen molar-refractivity contribution in [3.63, 3.8) is 0 Å². The van der Waals surface area contributed by atoms with E-state index in [2.05, 4.69) is 41.9 Å². The van der Waals surface area contributed by atoms with Gasteiger partial charge in [0.1, 0.15) is 15.7 Å². The molecule has 4 aromatic rings. The zero-order valence-electron chi connectivity index (χ0n) is 22.0. The molecule has 0 aliphatic carbocycles. The van der Waals surface area contributed by atoms with E-state index in [0.29, 0.717) is 36.4 Å². The van der Waals surface area contributed by atoms with Crippen LogP contribution in [0.25, 0.3) is 0 Å². The number of thiophene rings is 1. The number of carbonyl (C=O) groups is 2. The summed E-state index contributed by atoms with van der Waals surface area (Å²) in [6.45, 7) is 4.09. The van der Waals surface area contributed by atoms with Gasteiger partial charge in [0.15, 0.2) is 5.75 Å². The summed E-state index contributed by atoms with van der Waals surface area (Å²) in [6, 6.07) is 20.0. The molecule has 0 aliphatic heterocycles. The van der Waals surface area contributed by atoms with Crippen LogP contribution in [0.4, 0.5) is 0 Å². The van der Waals surface area contributed by atoms with Gasteiger partial charge in [-0.3, -0.25) is 9.59 Å². The summed E-state index contributed by atoms with van der Waals surface area (Å²) in [5.74, 6) is 0.310. The zero-order valence-corrected chi connectivity index (χ0v) is 26.8. The molecule has 0 saturated carbocycles. The van der Waals surface area contributed by atoms with Crippen molar-refractivity contribution >= 4 is 65.0 Å². The number of amides is 2. The third-order valence-corrected chi connectivity index (χ3v) is 10.0. The van der Waals surface area contributed by atoms with Crippen molar-refractivity contribution in [3.05, 3.63) is 103 Å². The van der Waals surface area contributed by atoms with Crippen LogP contribution in [0.5, 0.6) is 17.2 Å². The molecule has 1 heterocycles. The Morgan fingerprint density at radius 3 is 2.32 bits per heavy atom. The second kappa shape index (κ2) is 13.2. The summed E-state index contributed by atoms with van der Waals surface area (Å²) in [6.07, 6.45) is -0.196. The number of hydrogen-bond acceptors (Lipinski definition) is 7. The van der Waals surface area contributed by atoms with E-state index in [1.807, 2.05) is 19.9 Å². The fourth-order valence-corrected chi connectivity index (χ4v) is 7.59. The van der Waals surface area contributed by atoms with E-state index < -0.39 is 15.9 Å². The molecule has 0 spiro atoms. The van der Waals surface area contributed by atoms with E-state index in [1.54, 1.807) is 60.7 Å². The molecular weight excluding hydrogens is 696 g/mol. The van der Waals surface area contributed by atoms with E-state index in [4.69, 9.17) is 4.74 Å². The Morgan fingerprint density at radius 1 is 0.976 bits per heavy atom. The normalized spacial score (nSPS) is 11.3. The van der Waals surface area contributed by atoms with Gasteiger partial charge in [0.25, 0.3) is 15.9 Å². The van der Waals surface area contributed by atoms with Crippen LogP contribution in [0, 0.1) is 0 Å². The van der Waals surface area contributed by atoms with Crippen LogP contribution in [0.1, 0.15) is 46.1 Å². The van der Waals surface area contributed by atoms with Crippen molar-refractivity contribution in [2.75, 3.05) is 0 Å². The number of carbonyl (C=O) groups excluding carboxylic acids is 2. The van der Waals surface area contributed by atoms with Crippen LogP contribution in [-0.2, 0) is 27.8 Å². The fraction of sp³-hybridized carbons (Fsp3) is 0.172. The van der Waals surface area contributed by atoms with Gasteiger partial charge >= 0.3 is 0 Å². The molecule has 0 unspecified atom stereocenters. The standard InChI is InChI=1S/C29H26Br2N2O6S2/c1-17(2)22-15-20(8-10-25(22)34)39-28-23(30)12-18(13-24(28)31)14-26(35)33-41(37,38)27-11-9-21(40-27)16-32-29(36)19-6-4-3-5-7-19/h3-13,15,17,34H,14,16H2,1-2H3,(H,32,36)(H,33,35). The second-order valence-corrected chi connectivity index (χ2v) is 14.1. The molecular formula is C29H26Br2N2O6S2. The predicted molar refractivity (Wildman–Crippen MR) is 165 cm³/mol. The van der Waals surface area contributed by atoms with Crippen molar-refractivity contribution in [3.8, 4) is 17.2 Å². The van der Waals surface area contributed by atoms with Crippen LogP contribution >= 0.6 is 43.2 Å². The van der Waals surface area contributed by atoms with Crippen LogP contribution < -0.4 is 14.8 Å². The molecule has 8 nitrogen and oxygen atoms in total. The Bertz CT molecular complexity index is 1670. The number of hydrogen-bond donors (Lipinski definition) is 3. The first-order valence-electron chi connectivity index (χ1n) is 12.4. The minimum absolute atomic E-state index is 0.0319. The van der Waals surface area contributed by atoms with E-state index in [-0.39, 0.29) is 34.7 Å². The van der Waals surface area contributed by atoms with E-state index >= 15 is 0 Å². The monoisotopic (exact) mass is 720 g/mol. The number of benzene rings is 3. The molecule has 2 amide bonds. The zero-order chi connectivity index (χ0) is 29.7. The van der Waals surface area contributed by atoms with Gasteiger partial charge in [0.2, 0.25) is 5.91 Å². The molecule has 41 heavy (non-hydrogen) atoms. The highest BCUT2D eigenvalue weighted by Gasteiger charge is 2.21. The van der Waals surface area contributed by atoms with Gasteiger partial charge in [0.05, 0.1) is 21.9 Å². The molecule has 0 atom stereocenters. The van der Waals surface area contributed by atoms with Gasteiger partial charge < -0.3 is 15.2 Å². The maximum absolute atomic E-state index is 12.8. The molecule has 1 aromatic heterocycles. The summed E-state index contributed by atoms with van der Waals surface area (Å²) in [4.78, 5) is 25.6. The minimum atomic E-state index is -4.10. The maximum Gasteiger partial charge on any atom is 0.273 e. The number of nitrogens with one attached hydrogen (secondary N) is 2. The largest absolute Gasteiger partial charge is 0.508 e. The smallest absolute Gasteiger partial charge is 0.273 e. The fourth-order valence-electron chi connectivity index (χ4n) is 3.87. The van der Waals surface area contributed by atoms with Crippen LogP contribution in [-0.4, -0.2) is 25.3 Å². The Kier molecular flexibility index (Phi) is 9.90. The number of sulfonamides is 1. The molecule has 4 rings (SSSR count). The average Bonchev–Trinajstić information content (AvgIpc) is 3.40.